The van der Waals surface area contributed by atoms with Crippen molar-refractivity contribution >= 4 is 55.4 Å². The lowest BCUT2D eigenvalue weighted by Crippen LogP contribution is -2.55. The van der Waals surface area contributed by atoms with E-state index in [9.17, 15) is 23.3 Å². The summed E-state index contributed by atoms with van der Waals surface area (Å²) in [4.78, 5) is 46.2. The number of nitro groups is 1. The van der Waals surface area contributed by atoms with Gasteiger partial charge in [-0.05, 0) is 115 Å². The van der Waals surface area contributed by atoms with Crippen molar-refractivity contribution in [2.75, 3.05) is 87.3 Å². The second-order valence-electron chi connectivity index (χ2n) is 22.3. The van der Waals surface area contributed by atoms with E-state index in [1.807, 2.05) is 29.2 Å². The van der Waals surface area contributed by atoms with E-state index in [-0.39, 0.29) is 47.2 Å². The molecule has 19 nitrogen and oxygen atoms in total. The third kappa shape index (κ3) is 9.50. The number of nitrogens with one attached hydrogen (secondary N) is 3. The number of rotatable bonds is 13. The van der Waals surface area contributed by atoms with Crippen LogP contribution in [-0.2, 0) is 14.8 Å². The van der Waals surface area contributed by atoms with Crippen molar-refractivity contribution < 1.29 is 37.1 Å². The smallest absolute Gasteiger partial charge is 0.297 e. The maximum atomic E-state index is 14.8. The average Bonchev–Trinajstić information content (AvgIpc) is 4.19. The lowest BCUT2D eigenvalue weighted by molar-refractivity contribution is -0.384. The maximum absolute atomic E-state index is 14.8. The number of nitro benzene ring substituents is 1. The number of hydrogen-bond donors (Lipinski definition) is 3. The Morgan fingerprint density at radius 3 is 2.52 bits per heavy atom. The van der Waals surface area contributed by atoms with Crippen LogP contribution in [0.3, 0.4) is 0 Å². The van der Waals surface area contributed by atoms with Crippen LogP contribution in [0.1, 0.15) is 88.2 Å². The van der Waals surface area contributed by atoms with E-state index >= 15 is 0 Å². The number of amides is 1. The zero-order valence-electron chi connectivity index (χ0n) is 43.2. The first-order chi connectivity index (χ1) is 36.2. The van der Waals surface area contributed by atoms with E-state index in [0.29, 0.717) is 60.8 Å². The van der Waals surface area contributed by atoms with Crippen molar-refractivity contribution in [3.8, 4) is 17.4 Å². The van der Waals surface area contributed by atoms with Crippen LogP contribution >= 0.6 is 0 Å². The fourth-order valence-electron chi connectivity index (χ4n) is 13.0. The number of hydrogen-bond acceptors (Lipinski definition) is 16. The van der Waals surface area contributed by atoms with E-state index in [4.69, 9.17) is 23.9 Å². The third-order valence-electron chi connectivity index (χ3n) is 16.9. The van der Waals surface area contributed by atoms with Crippen molar-refractivity contribution in [3.63, 3.8) is 0 Å². The Labute approximate surface area is 438 Å². The van der Waals surface area contributed by atoms with Gasteiger partial charge in [-0.2, -0.15) is 4.98 Å². The van der Waals surface area contributed by atoms with Crippen molar-refractivity contribution in [1.29, 1.82) is 0 Å². The molecule has 4 saturated heterocycles. The molecule has 2 aromatic heterocycles. The summed E-state index contributed by atoms with van der Waals surface area (Å²) in [6.45, 7) is 16.2. The highest BCUT2D eigenvalue weighted by Gasteiger charge is 2.50. The van der Waals surface area contributed by atoms with Gasteiger partial charge in [0.15, 0.2) is 11.4 Å². The lowest BCUT2D eigenvalue weighted by atomic mass is 9.60. The van der Waals surface area contributed by atoms with Gasteiger partial charge in [-0.15, -0.1) is 0 Å². The number of carbonyl (C=O) groups is 1. The van der Waals surface area contributed by atoms with E-state index in [0.717, 1.165) is 101 Å². The number of H-pyrrole nitrogens is 1. The molecular formula is C55H68N10O9S. The van der Waals surface area contributed by atoms with Crippen LogP contribution in [-0.4, -0.2) is 152 Å². The standard InChI is InChI=1S/C55H68N10O9S/c1-34(2)61-22-20-60(21-23-61)30-37-31-72-49-27-40(26-45(65(67)68)51(49)57-37)75(69,70)59-53(66)42-12-11-38(25-44(42)64-46-24-36-13-16-56-52(36)58-54(46)74-50-33-71-32-47(50)64)62-18-14-55(15-19-62)28-39(29-55)63-17-7-9-43(63)41-8-5-6-10-48(41)73-35(3)4/h5-6,8,10-13,16,24-27,34-35,37,39,43,47,50,57H,7,9,14-15,17-23,28-33H2,1-4H3,(H,56,58)(H,59,66)/t37-,43+,47-,50-/m1/s1. The minimum absolute atomic E-state index is 0.0302. The van der Waals surface area contributed by atoms with Gasteiger partial charge in [0.1, 0.15) is 29.8 Å². The fourth-order valence-corrected chi connectivity index (χ4v) is 14.0. The van der Waals surface area contributed by atoms with Crippen molar-refractivity contribution in [3.05, 3.63) is 94.2 Å². The Hall–Kier alpha value is -6.19. The van der Waals surface area contributed by atoms with Crippen LogP contribution in [0, 0.1) is 15.5 Å². The number of sulfonamides is 1. The number of fused-ring (bicyclic) bond motifs is 4. The number of aromatic nitrogens is 2. The Kier molecular flexibility index (Phi) is 13.1. The molecule has 1 saturated carbocycles. The molecular weight excluding hydrogens is 977 g/mol. The molecule has 1 spiro atoms. The van der Waals surface area contributed by atoms with E-state index < -0.39 is 37.5 Å². The van der Waals surface area contributed by atoms with Crippen molar-refractivity contribution in [2.24, 2.45) is 5.41 Å². The molecule has 0 radical (unpaired) electrons. The van der Waals surface area contributed by atoms with Gasteiger partial charge in [-0.3, -0.25) is 29.6 Å². The summed E-state index contributed by atoms with van der Waals surface area (Å²) in [5.74, 6) is 0.487. The average molecular weight is 1050 g/mol. The number of carbonyl (C=O) groups excluding carboxylic acids is 1. The summed E-state index contributed by atoms with van der Waals surface area (Å²) in [5.41, 5.74) is 3.92. The molecule has 3 aromatic carbocycles. The molecule has 8 heterocycles. The first-order valence-corrected chi connectivity index (χ1v) is 28.3. The van der Waals surface area contributed by atoms with Gasteiger partial charge >= 0.3 is 0 Å². The molecule has 5 fully saturated rings. The number of piperidine rings is 1. The predicted molar refractivity (Wildman–Crippen MR) is 285 cm³/mol. The minimum Gasteiger partial charge on any atom is -0.491 e. The SMILES string of the molecule is CC(C)Oc1ccccc1[C@@H]1CCCN1C1CC2(CCN(c3ccc(C(=O)NS(=O)(=O)c4cc5c(c([N+](=O)[O-])c4)N[C@H](CN4CCN(C(C)C)CC4)CO5)c(N4c5cc6cc[nH]c6nc5O[C@@H]5COC[C@H]54)c3)CC2)C1. The molecule has 5 aromatic rings. The minimum atomic E-state index is -4.70. The number of benzene rings is 3. The highest BCUT2D eigenvalue weighted by molar-refractivity contribution is 7.90. The molecule has 1 amide bonds. The van der Waals surface area contributed by atoms with E-state index in [2.05, 4.69) is 86.6 Å². The van der Waals surface area contributed by atoms with Crippen molar-refractivity contribution in [2.45, 2.75) is 114 Å². The van der Waals surface area contributed by atoms with Crippen LogP contribution in [0.15, 0.2) is 77.8 Å². The van der Waals surface area contributed by atoms with Gasteiger partial charge in [0.25, 0.3) is 21.6 Å². The van der Waals surface area contributed by atoms with Crippen LogP contribution in [0.2, 0.25) is 0 Å². The quantitative estimate of drug-likeness (QED) is 0.0775. The van der Waals surface area contributed by atoms with Gasteiger partial charge in [-0.25, -0.2) is 13.1 Å². The van der Waals surface area contributed by atoms with Gasteiger partial charge < -0.3 is 39.0 Å². The zero-order chi connectivity index (χ0) is 51.8. The monoisotopic (exact) mass is 1040 g/mol. The van der Waals surface area contributed by atoms with Gasteiger partial charge in [0, 0.05) is 98.9 Å². The van der Waals surface area contributed by atoms with Crippen molar-refractivity contribution in [1.82, 2.24) is 29.4 Å². The largest absolute Gasteiger partial charge is 0.491 e. The molecule has 6 aliphatic heterocycles. The number of ether oxygens (including phenoxy) is 4. The first-order valence-electron chi connectivity index (χ1n) is 26.9. The summed E-state index contributed by atoms with van der Waals surface area (Å²) in [6, 6.07) is 20.9. The topological polar surface area (TPSA) is 200 Å². The number of para-hydroxylation sites is 1. The highest BCUT2D eigenvalue weighted by atomic mass is 32.2. The number of aromatic amines is 1. The summed E-state index contributed by atoms with van der Waals surface area (Å²) < 4.78 is 55.9. The fraction of sp³-hybridized carbons (Fsp3) is 0.527. The summed E-state index contributed by atoms with van der Waals surface area (Å²) in [6.07, 6.45) is 8.17. The van der Waals surface area contributed by atoms with Gasteiger partial charge in [-0.1, -0.05) is 18.2 Å². The normalized spacial score (nSPS) is 24.1. The maximum Gasteiger partial charge on any atom is 0.297 e. The lowest BCUT2D eigenvalue weighted by Gasteiger charge is -2.56. The first kappa shape index (κ1) is 49.7. The zero-order valence-corrected chi connectivity index (χ0v) is 44.0. The van der Waals surface area contributed by atoms with Crippen LogP contribution in [0.4, 0.5) is 28.4 Å². The molecule has 4 atom stereocenters. The Morgan fingerprint density at radius 2 is 1.75 bits per heavy atom. The Bertz CT molecular complexity index is 3090. The number of likely N-dealkylation sites (tertiary alicyclic amines) is 1. The third-order valence-corrected chi connectivity index (χ3v) is 18.3. The van der Waals surface area contributed by atoms with E-state index in [1.54, 1.807) is 12.3 Å². The summed E-state index contributed by atoms with van der Waals surface area (Å²) in [7, 11) is -4.70. The Balaban J connectivity index is 0.803. The molecule has 20 heteroatoms. The van der Waals surface area contributed by atoms with Gasteiger partial charge in [0.05, 0.1) is 52.5 Å². The highest BCUT2D eigenvalue weighted by Crippen LogP contribution is 2.55. The number of nitrogens with zero attached hydrogens (tertiary/aromatic N) is 7. The number of pyridine rings is 1. The Morgan fingerprint density at radius 1 is 0.947 bits per heavy atom. The number of piperazine rings is 1. The summed E-state index contributed by atoms with van der Waals surface area (Å²) >= 11 is 0. The summed E-state index contributed by atoms with van der Waals surface area (Å²) in [5, 5.41) is 16.7. The second-order valence-corrected chi connectivity index (χ2v) is 24.0. The molecule has 12 rings (SSSR count). The van der Waals surface area contributed by atoms with Gasteiger partial charge in [0.2, 0.25) is 5.88 Å². The molecule has 398 valence electrons. The molecule has 3 N–H and O–H groups in total. The molecule has 0 unspecified atom stereocenters. The number of anilines is 4. The van der Waals surface area contributed by atoms with Crippen LogP contribution in [0.5, 0.6) is 17.4 Å². The molecule has 1 aliphatic carbocycles. The van der Waals surface area contributed by atoms with Crippen LogP contribution < -0.4 is 34.0 Å². The van der Waals surface area contributed by atoms with E-state index in [1.165, 1.54) is 18.1 Å². The molecule has 0 bridgehead atoms. The second kappa shape index (κ2) is 19.7. The van der Waals surface area contributed by atoms with Crippen LogP contribution in [0.25, 0.3) is 11.0 Å². The predicted octanol–water partition coefficient (Wildman–Crippen LogP) is 7.46. The molecule has 75 heavy (non-hydrogen) atoms. The molecule has 7 aliphatic rings.